The zero-order valence-electron chi connectivity index (χ0n) is 15.8. The molecule has 1 aromatic carbocycles. The van der Waals surface area contributed by atoms with Crippen molar-refractivity contribution in [1.82, 2.24) is 24.9 Å². The molecule has 0 aliphatic heterocycles. The molecule has 0 aliphatic carbocycles. The molecule has 0 spiro atoms. The van der Waals surface area contributed by atoms with Gasteiger partial charge in [0.15, 0.2) is 11.5 Å². The molecule has 0 saturated carbocycles. The van der Waals surface area contributed by atoms with Crippen molar-refractivity contribution >= 4 is 28.6 Å². The number of pyridine rings is 1. The molecule has 31 heavy (non-hydrogen) atoms. The maximum atomic E-state index is 12.9. The Bertz CT molecular complexity index is 1200. The first-order chi connectivity index (χ1) is 14.9. The SMILES string of the molecule is FC(F)(F)c1cc(Cl)nc(Oc2ccc(CCNc3ncnc4nccnc34)cc2)c1. The van der Waals surface area contributed by atoms with Gasteiger partial charge in [-0.25, -0.2) is 24.9 Å². The van der Waals surface area contributed by atoms with E-state index in [1.165, 1.54) is 6.33 Å². The first kappa shape index (κ1) is 20.7. The van der Waals surface area contributed by atoms with Gasteiger partial charge >= 0.3 is 6.18 Å². The fourth-order valence-electron chi connectivity index (χ4n) is 2.78. The maximum Gasteiger partial charge on any atom is 0.416 e. The standard InChI is InChI=1S/C20H14ClF3N6O/c21-15-9-13(20(22,23)24)10-16(30-15)31-14-3-1-12(2-4-14)5-6-26-18-17-19(29-11-28-18)27-8-7-25-17/h1-4,7-11H,5-6H2,(H,26,27,28,29). The van der Waals surface area contributed by atoms with Gasteiger partial charge in [0.1, 0.15) is 22.7 Å². The van der Waals surface area contributed by atoms with E-state index < -0.39 is 11.7 Å². The van der Waals surface area contributed by atoms with E-state index in [0.29, 0.717) is 35.7 Å². The summed E-state index contributed by atoms with van der Waals surface area (Å²) in [6.45, 7) is 0.577. The molecule has 158 valence electrons. The van der Waals surface area contributed by atoms with E-state index >= 15 is 0 Å². The van der Waals surface area contributed by atoms with Crippen LogP contribution < -0.4 is 10.1 Å². The van der Waals surface area contributed by atoms with E-state index in [9.17, 15) is 13.2 Å². The van der Waals surface area contributed by atoms with Gasteiger partial charge in [-0.15, -0.1) is 0 Å². The molecule has 0 bridgehead atoms. The van der Waals surface area contributed by atoms with Crippen molar-refractivity contribution in [1.29, 1.82) is 0 Å². The number of hydrogen-bond acceptors (Lipinski definition) is 7. The summed E-state index contributed by atoms with van der Waals surface area (Å²) in [5.74, 6) is 0.702. The Morgan fingerprint density at radius 3 is 2.52 bits per heavy atom. The number of anilines is 1. The summed E-state index contributed by atoms with van der Waals surface area (Å²) in [4.78, 5) is 20.4. The molecule has 3 aromatic heterocycles. The molecule has 0 unspecified atom stereocenters. The van der Waals surface area contributed by atoms with Crippen LogP contribution in [0.4, 0.5) is 19.0 Å². The van der Waals surface area contributed by atoms with Crippen molar-refractivity contribution in [2.75, 3.05) is 11.9 Å². The summed E-state index contributed by atoms with van der Waals surface area (Å²) in [5.41, 5.74) is 1.15. The number of fused-ring (bicyclic) bond motifs is 1. The van der Waals surface area contributed by atoms with Gasteiger partial charge in [0, 0.05) is 25.0 Å². The Balaban J connectivity index is 1.38. The van der Waals surface area contributed by atoms with Crippen LogP contribution in [-0.4, -0.2) is 31.5 Å². The topological polar surface area (TPSA) is 85.7 Å². The highest BCUT2D eigenvalue weighted by atomic mass is 35.5. The third-order valence-electron chi connectivity index (χ3n) is 4.22. The van der Waals surface area contributed by atoms with Gasteiger partial charge in [0.05, 0.1) is 5.56 Å². The molecule has 7 nitrogen and oxygen atoms in total. The van der Waals surface area contributed by atoms with Gasteiger partial charge in [-0.3, -0.25) is 0 Å². The molecule has 4 rings (SSSR count). The van der Waals surface area contributed by atoms with Gasteiger partial charge in [-0.1, -0.05) is 23.7 Å². The van der Waals surface area contributed by atoms with Crippen molar-refractivity contribution in [3.63, 3.8) is 0 Å². The lowest BCUT2D eigenvalue weighted by Crippen LogP contribution is -2.08. The number of nitrogens with zero attached hydrogens (tertiary/aromatic N) is 5. The van der Waals surface area contributed by atoms with E-state index in [1.54, 1.807) is 24.5 Å². The molecular formula is C20H14ClF3N6O. The van der Waals surface area contributed by atoms with Crippen LogP contribution in [0.2, 0.25) is 5.15 Å². The molecule has 11 heteroatoms. The van der Waals surface area contributed by atoms with Crippen LogP contribution in [-0.2, 0) is 12.6 Å². The van der Waals surface area contributed by atoms with Crippen LogP contribution in [0.5, 0.6) is 11.6 Å². The molecule has 0 fully saturated rings. The van der Waals surface area contributed by atoms with Crippen molar-refractivity contribution in [3.05, 3.63) is 71.4 Å². The summed E-state index contributed by atoms with van der Waals surface area (Å²) >= 11 is 5.68. The van der Waals surface area contributed by atoms with E-state index in [4.69, 9.17) is 16.3 Å². The molecular weight excluding hydrogens is 433 g/mol. The summed E-state index contributed by atoms with van der Waals surface area (Å²) in [6, 6.07) is 8.47. The Morgan fingerprint density at radius 2 is 1.74 bits per heavy atom. The van der Waals surface area contributed by atoms with Crippen LogP contribution in [0.25, 0.3) is 11.2 Å². The number of aromatic nitrogens is 5. The first-order valence-electron chi connectivity index (χ1n) is 9.06. The monoisotopic (exact) mass is 446 g/mol. The Hall–Kier alpha value is -3.53. The minimum absolute atomic E-state index is 0.231. The number of rotatable bonds is 6. The summed E-state index contributed by atoms with van der Waals surface area (Å²) < 4.78 is 44.1. The highest BCUT2D eigenvalue weighted by molar-refractivity contribution is 6.29. The molecule has 4 aromatic rings. The van der Waals surface area contributed by atoms with Crippen molar-refractivity contribution < 1.29 is 17.9 Å². The highest BCUT2D eigenvalue weighted by Crippen LogP contribution is 2.33. The van der Waals surface area contributed by atoms with Gasteiger partial charge in [-0.05, 0) is 30.2 Å². The van der Waals surface area contributed by atoms with Gasteiger partial charge < -0.3 is 10.1 Å². The number of alkyl halides is 3. The third kappa shape index (κ3) is 5.15. The van der Waals surface area contributed by atoms with E-state index in [-0.39, 0.29) is 11.0 Å². The minimum Gasteiger partial charge on any atom is -0.439 e. The predicted octanol–water partition coefficient (Wildman–Crippen LogP) is 4.93. The van der Waals surface area contributed by atoms with Crippen molar-refractivity contribution in [2.24, 2.45) is 0 Å². The van der Waals surface area contributed by atoms with Crippen LogP contribution in [0.15, 0.2) is 55.1 Å². The van der Waals surface area contributed by atoms with Gasteiger partial charge in [0.25, 0.3) is 0 Å². The normalized spacial score (nSPS) is 11.5. The molecule has 0 amide bonds. The number of ether oxygens (including phenoxy) is 1. The molecule has 1 N–H and O–H groups in total. The number of benzene rings is 1. The minimum atomic E-state index is -4.54. The highest BCUT2D eigenvalue weighted by Gasteiger charge is 2.31. The average molecular weight is 447 g/mol. The third-order valence-corrected chi connectivity index (χ3v) is 4.41. The smallest absolute Gasteiger partial charge is 0.416 e. The fourth-order valence-corrected chi connectivity index (χ4v) is 2.98. The Labute approximate surface area is 179 Å². The lowest BCUT2D eigenvalue weighted by molar-refractivity contribution is -0.137. The maximum absolute atomic E-state index is 12.9. The van der Waals surface area contributed by atoms with Gasteiger partial charge in [-0.2, -0.15) is 13.2 Å². The number of hydrogen-bond donors (Lipinski definition) is 1. The van der Waals surface area contributed by atoms with Crippen LogP contribution in [0.1, 0.15) is 11.1 Å². The van der Waals surface area contributed by atoms with Crippen LogP contribution in [0.3, 0.4) is 0 Å². The predicted molar refractivity (Wildman–Crippen MR) is 108 cm³/mol. The first-order valence-corrected chi connectivity index (χ1v) is 9.43. The quantitative estimate of drug-likeness (QED) is 0.420. The molecule has 3 heterocycles. The second-order valence-corrected chi connectivity index (χ2v) is 6.78. The second-order valence-electron chi connectivity index (χ2n) is 6.39. The molecule has 0 atom stereocenters. The molecule has 0 radical (unpaired) electrons. The number of nitrogens with one attached hydrogen (secondary N) is 1. The summed E-state index contributed by atoms with van der Waals surface area (Å²) in [6.07, 6.45) is 0.676. The summed E-state index contributed by atoms with van der Waals surface area (Å²) in [5, 5.41) is 2.90. The number of halogens is 4. The Kier molecular flexibility index (Phi) is 5.81. The lowest BCUT2D eigenvalue weighted by Gasteiger charge is -2.11. The zero-order valence-corrected chi connectivity index (χ0v) is 16.5. The molecule has 0 saturated heterocycles. The van der Waals surface area contributed by atoms with Crippen molar-refractivity contribution in [2.45, 2.75) is 12.6 Å². The van der Waals surface area contributed by atoms with E-state index in [2.05, 4.69) is 30.2 Å². The van der Waals surface area contributed by atoms with E-state index in [0.717, 1.165) is 17.7 Å². The molecule has 0 aliphatic rings. The largest absolute Gasteiger partial charge is 0.439 e. The van der Waals surface area contributed by atoms with Crippen LogP contribution >= 0.6 is 11.6 Å². The fraction of sp³-hybridized carbons (Fsp3) is 0.150. The van der Waals surface area contributed by atoms with Gasteiger partial charge in [0.2, 0.25) is 5.88 Å². The van der Waals surface area contributed by atoms with Crippen molar-refractivity contribution in [3.8, 4) is 11.6 Å². The van der Waals surface area contributed by atoms with Crippen LogP contribution in [0, 0.1) is 0 Å². The lowest BCUT2D eigenvalue weighted by atomic mass is 10.1. The average Bonchev–Trinajstić information content (AvgIpc) is 2.74. The summed E-state index contributed by atoms with van der Waals surface area (Å²) in [7, 11) is 0. The second kappa shape index (κ2) is 8.68. The Morgan fingerprint density at radius 1 is 0.968 bits per heavy atom. The zero-order chi connectivity index (χ0) is 21.8. The van der Waals surface area contributed by atoms with E-state index in [1.807, 2.05) is 12.1 Å².